The number of aryl methyl sites for hydroxylation is 1. The zero-order valence-electron chi connectivity index (χ0n) is 13.2. The first-order valence-corrected chi connectivity index (χ1v) is 7.65. The van der Waals surface area contributed by atoms with Crippen LogP contribution in [-0.2, 0) is 0 Å². The number of nitrogens with zero attached hydrogens (tertiary/aromatic N) is 3. The number of phenolic OH excluding ortho intramolecular Hbond substituents is 1. The minimum Gasteiger partial charge on any atom is -0.504 e. The van der Waals surface area contributed by atoms with E-state index in [9.17, 15) is 5.11 Å². The van der Waals surface area contributed by atoms with E-state index in [0.29, 0.717) is 21.9 Å². The normalized spacial score (nSPS) is 11.1. The molecule has 3 rings (SSSR count). The van der Waals surface area contributed by atoms with Crippen LogP contribution in [-0.4, -0.2) is 33.3 Å². The summed E-state index contributed by atoms with van der Waals surface area (Å²) in [4.78, 5) is 0. The SMILES string of the molecule is COc1ccc(/C=N\n2c(-c3ccc(C)cc3)n[nH]c2=S)cc1O. The van der Waals surface area contributed by atoms with E-state index in [1.165, 1.54) is 7.11 Å². The number of hydrogen-bond acceptors (Lipinski definition) is 5. The number of hydrogen-bond donors (Lipinski definition) is 2. The third-order valence-electron chi connectivity index (χ3n) is 3.49. The fraction of sp³-hybridized carbons (Fsp3) is 0.118. The fourth-order valence-corrected chi connectivity index (χ4v) is 2.38. The summed E-state index contributed by atoms with van der Waals surface area (Å²) in [7, 11) is 1.50. The maximum Gasteiger partial charge on any atom is 0.216 e. The van der Waals surface area contributed by atoms with Crippen molar-refractivity contribution < 1.29 is 9.84 Å². The van der Waals surface area contributed by atoms with Crippen molar-refractivity contribution in [3.8, 4) is 22.9 Å². The van der Waals surface area contributed by atoms with Gasteiger partial charge in [0.2, 0.25) is 4.77 Å². The highest BCUT2D eigenvalue weighted by molar-refractivity contribution is 7.71. The van der Waals surface area contributed by atoms with E-state index in [4.69, 9.17) is 17.0 Å². The summed E-state index contributed by atoms with van der Waals surface area (Å²) in [5, 5.41) is 21.2. The van der Waals surface area contributed by atoms with E-state index < -0.39 is 0 Å². The Kier molecular flexibility index (Phi) is 4.43. The van der Waals surface area contributed by atoms with Crippen molar-refractivity contribution in [2.24, 2.45) is 5.10 Å². The Balaban J connectivity index is 1.96. The van der Waals surface area contributed by atoms with Crippen LogP contribution >= 0.6 is 12.2 Å². The van der Waals surface area contributed by atoms with Gasteiger partial charge in [-0.15, -0.1) is 0 Å². The lowest BCUT2D eigenvalue weighted by atomic mass is 10.1. The minimum atomic E-state index is 0.0519. The van der Waals surface area contributed by atoms with Crippen LogP contribution in [0, 0.1) is 11.7 Å². The van der Waals surface area contributed by atoms with E-state index in [-0.39, 0.29) is 5.75 Å². The molecular formula is C17H16N4O2S. The molecule has 2 N–H and O–H groups in total. The van der Waals surface area contributed by atoms with Crippen LogP contribution in [0.15, 0.2) is 47.6 Å². The Morgan fingerprint density at radius 1 is 1.25 bits per heavy atom. The van der Waals surface area contributed by atoms with Gasteiger partial charge in [-0.25, -0.2) is 5.10 Å². The van der Waals surface area contributed by atoms with Crippen LogP contribution in [0.2, 0.25) is 0 Å². The molecule has 0 bridgehead atoms. The van der Waals surface area contributed by atoms with Gasteiger partial charge in [-0.1, -0.05) is 29.8 Å². The second kappa shape index (κ2) is 6.67. The van der Waals surface area contributed by atoms with Gasteiger partial charge in [0, 0.05) is 5.56 Å². The molecule has 1 heterocycles. The highest BCUT2D eigenvalue weighted by Gasteiger charge is 2.08. The van der Waals surface area contributed by atoms with E-state index in [1.54, 1.807) is 29.1 Å². The number of aromatic hydroxyl groups is 1. The Labute approximate surface area is 144 Å². The number of phenols is 1. The van der Waals surface area contributed by atoms with Gasteiger partial charge in [-0.05, 0) is 42.9 Å². The summed E-state index contributed by atoms with van der Waals surface area (Å²) in [6.45, 7) is 2.02. The number of H-pyrrole nitrogens is 1. The number of aromatic nitrogens is 3. The molecule has 0 amide bonds. The molecule has 0 aliphatic carbocycles. The first-order valence-electron chi connectivity index (χ1n) is 7.24. The molecule has 0 radical (unpaired) electrons. The maximum atomic E-state index is 9.83. The molecule has 0 spiro atoms. The van der Waals surface area contributed by atoms with Crippen molar-refractivity contribution >= 4 is 18.4 Å². The fourth-order valence-electron chi connectivity index (χ4n) is 2.20. The summed E-state index contributed by atoms with van der Waals surface area (Å²) in [6, 6.07) is 13.0. The number of benzene rings is 2. The van der Waals surface area contributed by atoms with Gasteiger partial charge in [0.15, 0.2) is 17.3 Å². The van der Waals surface area contributed by atoms with Gasteiger partial charge >= 0.3 is 0 Å². The average Bonchev–Trinajstić information content (AvgIpc) is 2.94. The van der Waals surface area contributed by atoms with Crippen LogP contribution in [0.5, 0.6) is 11.5 Å². The third kappa shape index (κ3) is 3.21. The maximum absolute atomic E-state index is 9.83. The monoisotopic (exact) mass is 340 g/mol. The predicted octanol–water partition coefficient (Wildman–Crippen LogP) is 3.51. The van der Waals surface area contributed by atoms with Gasteiger partial charge in [0.1, 0.15) is 0 Å². The Morgan fingerprint density at radius 3 is 2.67 bits per heavy atom. The molecule has 122 valence electrons. The quantitative estimate of drug-likeness (QED) is 0.563. The van der Waals surface area contributed by atoms with Gasteiger partial charge in [-0.3, -0.25) is 0 Å². The predicted molar refractivity (Wildman–Crippen MR) is 95.2 cm³/mol. The second-order valence-electron chi connectivity index (χ2n) is 5.21. The molecular weight excluding hydrogens is 324 g/mol. The summed E-state index contributed by atoms with van der Waals surface area (Å²) in [5.74, 6) is 1.08. The Hall–Kier alpha value is -2.93. The molecule has 2 aromatic carbocycles. The molecule has 24 heavy (non-hydrogen) atoms. The van der Waals surface area contributed by atoms with E-state index in [1.807, 2.05) is 31.2 Å². The van der Waals surface area contributed by atoms with Crippen LogP contribution in [0.1, 0.15) is 11.1 Å². The smallest absolute Gasteiger partial charge is 0.216 e. The van der Waals surface area contributed by atoms with E-state index in [2.05, 4.69) is 15.3 Å². The first-order chi connectivity index (χ1) is 11.6. The van der Waals surface area contributed by atoms with Gasteiger partial charge < -0.3 is 9.84 Å². The minimum absolute atomic E-state index is 0.0519. The molecule has 6 nitrogen and oxygen atoms in total. The van der Waals surface area contributed by atoms with Gasteiger partial charge in [0.25, 0.3) is 0 Å². The zero-order valence-corrected chi connectivity index (χ0v) is 14.0. The second-order valence-corrected chi connectivity index (χ2v) is 5.59. The van der Waals surface area contributed by atoms with Crippen molar-refractivity contribution in [3.63, 3.8) is 0 Å². The molecule has 0 saturated carbocycles. The van der Waals surface area contributed by atoms with E-state index >= 15 is 0 Å². The standard InChI is InChI=1S/C17H16N4O2S/c1-11-3-6-13(7-4-11)16-19-20-17(24)21(16)18-10-12-5-8-15(23-2)14(22)9-12/h3-10,22H,1-2H3,(H,20,24)/b18-10-. The van der Waals surface area contributed by atoms with Crippen molar-refractivity contribution in [1.29, 1.82) is 0 Å². The molecule has 0 saturated heterocycles. The van der Waals surface area contributed by atoms with Crippen LogP contribution < -0.4 is 4.74 Å². The summed E-state index contributed by atoms with van der Waals surface area (Å²) in [5.41, 5.74) is 2.78. The Morgan fingerprint density at radius 2 is 2.00 bits per heavy atom. The van der Waals surface area contributed by atoms with Gasteiger partial charge in [-0.2, -0.15) is 14.9 Å². The summed E-state index contributed by atoms with van der Waals surface area (Å²) >= 11 is 5.24. The van der Waals surface area contributed by atoms with Crippen molar-refractivity contribution in [2.45, 2.75) is 6.92 Å². The average molecular weight is 340 g/mol. The number of rotatable bonds is 4. The van der Waals surface area contributed by atoms with Crippen LogP contribution in [0.4, 0.5) is 0 Å². The molecule has 7 heteroatoms. The molecule has 0 unspecified atom stereocenters. The summed E-state index contributed by atoms with van der Waals surface area (Å²) in [6.07, 6.45) is 1.60. The lowest BCUT2D eigenvalue weighted by molar-refractivity contribution is 0.373. The molecule has 0 fully saturated rings. The van der Waals surface area contributed by atoms with Gasteiger partial charge in [0.05, 0.1) is 13.3 Å². The lowest BCUT2D eigenvalue weighted by Gasteiger charge is -2.04. The number of ether oxygens (including phenoxy) is 1. The highest BCUT2D eigenvalue weighted by atomic mass is 32.1. The summed E-state index contributed by atoms with van der Waals surface area (Å²) < 4.78 is 6.96. The van der Waals surface area contributed by atoms with E-state index in [0.717, 1.165) is 11.1 Å². The number of methoxy groups -OCH3 is 1. The first kappa shape index (κ1) is 15.9. The van der Waals surface area contributed by atoms with Crippen LogP contribution in [0.25, 0.3) is 11.4 Å². The lowest BCUT2D eigenvalue weighted by Crippen LogP contribution is -1.95. The zero-order chi connectivity index (χ0) is 17.1. The molecule has 3 aromatic rings. The molecule has 0 aliphatic rings. The van der Waals surface area contributed by atoms with Crippen LogP contribution in [0.3, 0.4) is 0 Å². The third-order valence-corrected chi connectivity index (χ3v) is 3.75. The number of aromatic amines is 1. The van der Waals surface area contributed by atoms with Crippen molar-refractivity contribution in [3.05, 3.63) is 58.4 Å². The van der Waals surface area contributed by atoms with Crippen molar-refractivity contribution in [1.82, 2.24) is 14.9 Å². The molecule has 1 aromatic heterocycles. The largest absolute Gasteiger partial charge is 0.504 e. The van der Waals surface area contributed by atoms with Crippen molar-refractivity contribution in [2.75, 3.05) is 7.11 Å². The molecule has 0 aliphatic heterocycles. The Bertz CT molecular complexity index is 942. The molecule has 0 atom stereocenters. The topological polar surface area (TPSA) is 75.4 Å². The highest BCUT2D eigenvalue weighted by Crippen LogP contribution is 2.25. The number of nitrogens with one attached hydrogen (secondary N) is 1.